The van der Waals surface area contributed by atoms with Crippen molar-refractivity contribution in [2.75, 3.05) is 11.1 Å². The van der Waals surface area contributed by atoms with Crippen LogP contribution < -0.4 is 16.6 Å². The molecule has 3 aromatic heterocycles. The molecule has 0 fully saturated rings. The van der Waals surface area contributed by atoms with Gasteiger partial charge < -0.3 is 11.1 Å². The molecule has 3 N–H and O–H groups in total. The maximum atomic E-state index is 14.1. The number of para-hydroxylation sites is 1. The lowest BCUT2D eigenvalue weighted by Gasteiger charge is -2.21. The number of hydrogen-bond donors (Lipinski definition) is 2. The summed E-state index contributed by atoms with van der Waals surface area (Å²) in [6.07, 6.45) is 2.10. The van der Waals surface area contributed by atoms with Crippen molar-refractivity contribution in [3.63, 3.8) is 0 Å². The second-order valence-corrected chi connectivity index (χ2v) is 8.57. The fourth-order valence-corrected chi connectivity index (χ4v) is 4.10. The zero-order chi connectivity index (χ0) is 26.8. The minimum Gasteiger partial charge on any atom is -0.382 e. The van der Waals surface area contributed by atoms with Gasteiger partial charge in [-0.25, -0.2) is 28.7 Å². The minimum absolute atomic E-state index is 0.0309. The number of pyridine rings is 1. The largest absolute Gasteiger partial charge is 0.382 e. The molecule has 0 aliphatic rings. The molecule has 188 valence electrons. The van der Waals surface area contributed by atoms with E-state index < -0.39 is 17.7 Å². The second kappa shape index (κ2) is 10.2. The fraction of sp³-hybridized carbons (Fsp3) is 0.0741. The Balaban J connectivity index is 1.61. The lowest BCUT2D eigenvalue weighted by Crippen LogP contribution is -2.27. The predicted molar refractivity (Wildman–Crippen MR) is 141 cm³/mol. The molecule has 1 unspecified atom stereocenters. The first-order valence-electron chi connectivity index (χ1n) is 11.3. The highest BCUT2D eigenvalue weighted by Crippen LogP contribution is 2.26. The van der Waals surface area contributed by atoms with E-state index in [2.05, 4.69) is 32.1 Å². The van der Waals surface area contributed by atoms with Gasteiger partial charge in [0.2, 0.25) is 0 Å². The molecule has 0 aliphatic carbocycles. The van der Waals surface area contributed by atoms with Gasteiger partial charge in [-0.1, -0.05) is 41.8 Å². The van der Waals surface area contributed by atoms with Gasteiger partial charge in [-0.3, -0.25) is 9.36 Å². The predicted octanol–water partition coefficient (Wildman–Crippen LogP) is 4.66. The average molecular weight is 530 g/mol. The van der Waals surface area contributed by atoms with Crippen molar-refractivity contribution in [2.24, 2.45) is 0 Å². The number of nitrogens with one attached hydrogen (secondary N) is 1. The number of fused-ring (bicyclic) bond motifs is 1. The van der Waals surface area contributed by atoms with E-state index in [1.807, 2.05) is 18.2 Å². The number of benzene rings is 2. The van der Waals surface area contributed by atoms with E-state index in [9.17, 15) is 13.6 Å². The summed E-state index contributed by atoms with van der Waals surface area (Å²) in [6.45, 7) is 1.79. The first-order valence-corrected chi connectivity index (χ1v) is 11.7. The van der Waals surface area contributed by atoms with E-state index >= 15 is 0 Å². The maximum Gasteiger partial charge on any atom is 0.267 e. The molecule has 5 rings (SSSR count). The average Bonchev–Trinajstić information content (AvgIpc) is 2.89. The van der Waals surface area contributed by atoms with Crippen LogP contribution in [0.2, 0.25) is 5.02 Å². The first-order chi connectivity index (χ1) is 18.3. The Hall–Kier alpha value is -4.88. The van der Waals surface area contributed by atoms with E-state index in [4.69, 9.17) is 22.3 Å². The Morgan fingerprint density at radius 2 is 1.84 bits per heavy atom. The van der Waals surface area contributed by atoms with Gasteiger partial charge in [0.25, 0.3) is 5.56 Å². The molecule has 0 aliphatic heterocycles. The highest BCUT2D eigenvalue weighted by atomic mass is 35.5. The van der Waals surface area contributed by atoms with Gasteiger partial charge in [-0.2, -0.15) is 0 Å². The number of aromatic nitrogens is 5. The number of halogens is 3. The van der Waals surface area contributed by atoms with Gasteiger partial charge in [0.15, 0.2) is 5.82 Å². The van der Waals surface area contributed by atoms with E-state index in [1.54, 1.807) is 37.3 Å². The molecule has 0 radical (unpaired) electrons. The van der Waals surface area contributed by atoms with Gasteiger partial charge in [-0.15, -0.1) is 0 Å². The molecule has 0 saturated heterocycles. The Kier molecular flexibility index (Phi) is 6.68. The van der Waals surface area contributed by atoms with Crippen molar-refractivity contribution in [1.29, 1.82) is 0 Å². The van der Waals surface area contributed by atoms with Crippen LogP contribution in [0.1, 0.15) is 30.0 Å². The Labute approximate surface area is 220 Å². The number of hydrogen-bond acceptors (Lipinski definition) is 7. The summed E-state index contributed by atoms with van der Waals surface area (Å²) >= 11 is 6.36. The fourth-order valence-electron chi connectivity index (χ4n) is 3.85. The quantitative estimate of drug-likeness (QED) is 0.326. The molecular weight excluding hydrogens is 512 g/mol. The van der Waals surface area contributed by atoms with Crippen molar-refractivity contribution in [3.8, 4) is 17.5 Å². The molecule has 0 saturated carbocycles. The van der Waals surface area contributed by atoms with Crippen molar-refractivity contribution < 1.29 is 8.78 Å². The first kappa shape index (κ1) is 24.8. The van der Waals surface area contributed by atoms with Crippen LogP contribution >= 0.6 is 11.6 Å². The summed E-state index contributed by atoms with van der Waals surface area (Å²) in [7, 11) is 0. The second-order valence-electron chi connectivity index (χ2n) is 8.16. The van der Waals surface area contributed by atoms with Gasteiger partial charge in [-0.05, 0) is 37.1 Å². The smallest absolute Gasteiger partial charge is 0.267 e. The molecule has 38 heavy (non-hydrogen) atoms. The van der Waals surface area contributed by atoms with Crippen LogP contribution in [0.3, 0.4) is 0 Å². The lowest BCUT2D eigenvalue weighted by molar-refractivity contribution is 0.570. The van der Waals surface area contributed by atoms with Gasteiger partial charge in [0, 0.05) is 6.07 Å². The number of nitrogens with two attached hydrogens (primary N) is 1. The monoisotopic (exact) mass is 529 g/mol. The van der Waals surface area contributed by atoms with Crippen LogP contribution in [0, 0.1) is 23.5 Å². The summed E-state index contributed by atoms with van der Waals surface area (Å²) < 4.78 is 28.7. The molecule has 1 atom stereocenters. The SMILES string of the molecule is CC(Nc1ncnc(N)c1C#Cc1ncc(F)cc1F)c1nc2cccc(Cl)c2c(=O)n1-c1ccccc1. The number of nitrogen functional groups attached to an aromatic ring is 1. The van der Waals surface area contributed by atoms with Crippen LogP contribution in [0.15, 0.2) is 71.9 Å². The molecule has 0 amide bonds. The van der Waals surface area contributed by atoms with Crippen LogP contribution in [0.25, 0.3) is 16.6 Å². The summed E-state index contributed by atoms with van der Waals surface area (Å²) in [5.41, 5.74) is 6.63. The van der Waals surface area contributed by atoms with Crippen molar-refractivity contribution in [1.82, 2.24) is 24.5 Å². The van der Waals surface area contributed by atoms with E-state index in [1.165, 1.54) is 10.9 Å². The van der Waals surface area contributed by atoms with Crippen LogP contribution in [-0.4, -0.2) is 24.5 Å². The molecule has 0 bridgehead atoms. The van der Waals surface area contributed by atoms with Crippen LogP contribution in [0.5, 0.6) is 0 Å². The zero-order valence-electron chi connectivity index (χ0n) is 19.8. The summed E-state index contributed by atoms with van der Waals surface area (Å²) in [5, 5.41) is 3.76. The summed E-state index contributed by atoms with van der Waals surface area (Å²) in [5.74, 6) is 4.15. The zero-order valence-corrected chi connectivity index (χ0v) is 20.5. The van der Waals surface area contributed by atoms with Crippen molar-refractivity contribution in [3.05, 3.63) is 111 Å². The molecule has 8 nitrogen and oxygen atoms in total. The Morgan fingerprint density at radius 3 is 2.61 bits per heavy atom. The molecule has 2 aromatic carbocycles. The Bertz CT molecular complexity index is 1800. The summed E-state index contributed by atoms with van der Waals surface area (Å²) in [6, 6.07) is 14.2. The number of anilines is 2. The highest BCUT2D eigenvalue weighted by molar-refractivity contribution is 6.35. The standard InChI is InChI=1S/C27H18ClF2N7O/c1-15(35-25-18(24(31)33-14-34-25)10-11-21-20(30)12-16(29)13-32-21)26-36-22-9-5-8-19(28)23(22)27(38)37(26)17-6-3-2-4-7-17/h2-9,12-15H,1H3,(H3,31,33,34,35). The third kappa shape index (κ3) is 4.75. The van der Waals surface area contributed by atoms with Crippen molar-refractivity contribution >= 4 is 34.1 Å². The van der Waals surface area contributed by atoms with Gasteiger partial charge in [0.05, 0.1) is 33.9 Å². The van der Waals surface area contributed by atoms with E-state index in [-0.39, 0.29) is 28.5 Å². The Morgan fingerprint density at radius 1 is 1.05 bits per heavy atom. The lowest BCUT2D eigenvalue weighted by atomic mass is 10.2. The third-order valence-corrected chi connectivity index (χ3v) is 5.93. The van der Waals surface area contributed by atoms with Crippen molar-refractivity contribution in [2.45, 2.75) is 13.0 Å². The molecule has 5 aromatic rings. The number of nitrogens with zero attached hydrogens (tertiary/aromatic N) is 5. The normalized spacial score (nSPS) is 11.6. The van der Waals surface area contributed by atoms with E-state index in [0.717, 1.165) is 6.20 Å². The maximum absolute atomic E-state index is 14.1. The molecular formula is C27H18ClF2N7O. The molecule has 0 spiro atoms. The topological polar surface area (TPSA) is 112 Å². The highest BCUT2D eigenvalue weighted by Gasteiger charge is 2.21. The van der Waals surface area contributed by atoms with E-state index in [0.29, 0.717) is 33.5 Å². The number of rotatable bonds is 4. The van der Waals surface area contributed by atoms with Gasteiger partial charge in [0.1, 0.15) is 40.9 Å². The van der Waals surface area contributed by atoms with Crippen LogP contribution in [-0.2, 0) is 0 Å². The third-order valence-electron chi connectivity index (χ3n) is 5.62. The van der Waals surface area contributed by atoms with Gasteiger partial charge >= 0.3 is 0 Å². The van der Waals surface area contributed by atoms with Crippen LogP contribution in [0.4, 0.5) is 20.4 Å². The summed E-state index contributed by atoms with van der Waals surface area (Å²) in [4.78, 5) is 30.3. The molecule has 3 heterocycles. The molecule has 11 heteroatoms. The minimum atomic E-state index is -0.915.